The first-order chi connectivity index (χ1) is 14.5. The minimum Gasteiger partial charge on any atom is -0.497 e. The number of hydrogen-bond acceptors (Lipinski definition) is 6. The molecule has 1 N–H and O–H groups in total. The number of morpholine rings is 1. The number of fused-ring (bicyclic) bond motifs is 2. The molecule has 2 aliphatic heterocycles. The molecule has 30 heavy (non-hydrogen) atoms. The van der Waals surface area contributed by atoms with Gasteiger partial charge < -0.3 is 24.1 Å². The molecule has 0 aromatic heterocycles. The number of aliphatic hydroxyl groups is 1. The van der Waals surface area contributed by atoms with Gasteiger partial charge in [-0.15, -0.1) is 0 Å². The monoisotopic (exact) mass is 413 g/mol. The van der Waals surface area contributed by atoms with Gasteiger partial charge in [-0.2, -0.15) is 0 Å². The minimum absolute atomic E-state index is 0.215. The van der Waals surface area contributed by atoms with Gasteiger partial charge >= 0.3 is 6.09 Å². The fourth-order valence-electron chi connectivity index (χ4n) is 4.47. The predicted octanol–water partition coefficient (Wildman–Crippen LogP) is 3.09. The van der Waals surface area contributed by atoms with Crippen LogP contribution in [0.3, 0.4) is 0 Å². The van der Waals surface area contributed by atoms with Crippen molar-refractivity contribution < 1.29 is 28.8 Å². The third-order valence-electron chi connectivity index (χ3n) is 5.88. The highest BCUT2D eigenvalue weighted by molar-refractivity contribution is 5.69. The van der Waals surface area contributed by atoms with Crippen molar-refractivity contribution in [2.24, 2.45) is 0 Å². The number of amides is 1. The fourth-order valence-corrected chi connectivity index (χ4v) is 4.47. The van der Waals surface area contributed by atoms with Crippen molar-refractivity contribution in [1.82, 2.24) is 4.90 Å². The zero-order chi connectivity index (χ0) is 21.1. The van der Waals surface area contributed by atoms with Gasteiger partial charge in [0.1, 0.15) is 18.1 Å². The van der Waals surface area contributed by atoms with Crippen LogP contribution >= 0.6 is 0 Å². The molecule has 2 aromatic rings. The van der Waals surface area contributed by atoms with Crippen LogP contribution in [0.2, 0.25) is 0 Å². The Morgan fingerprint density at radius 1 is 1.10 bits per heavy atom. The van der Waals surface area contributed by atoms with Crippen LogP contribution in [0.4, 0.5) is 4.79 Å². The molecule has 7 nitrogen and oxygen atoms in total. The largest absolute Gasteiger partial charge is 0.497 e. The summed E-state index contributed by atoms with van der Waals surface area (Å²) in [5.41, 5.74) is 0.496. The van der Waals surface area contributed by atoms with Gasteiger partial charge in [-0.05, 0) is 17.7 Å². The molecule has 2 aliphatic rings. The molecule has 2 unspecified atom stereocenters. The summed E-state index contributed by atoms with van der Waals surface area (Å²) in [5, 5.41) is 11.6. The SMILES string of the molecule is COc1ccc(C2(O)CC3COCC(C2)N3C(=O)OCc2ccccc2)c(OC)c1. The second kappa shape index (κ2) is 8.53. The van der Waals surface area contributed by atoms with Gasteiger partial charge in [-0.1, -0.05) is 30.3 Å². The van der Waals surface area contributed by atoms with E-state index in [0.717, 1.165) is 5.56 Å². The van der Waals surface area contributed by atoms with Crippen molar-refractivity contribution in [3.8, 4) is 11.5 Å². The number of piperidine rings is 1. The van der Waals surface area contributed by atoms with E-state index >= 15 is 0 Å². The van der Waals surface area contributed by atoms with Crippen molar-refractivity contribution >= 4 is 6.09 Å². The fraction of sp³-hybridized carbons (Fsp3) is 0.435. The van der Waals surface area contributed by atoms with Gasteiger partial charge in [0.25, 0.3) is 0 Å². The van der Waals surface area contributed by atoms with Crippen molar-refractivity contribution in [3.63, 3.8) is 0 Å². The predicted molar refractivity (Wildman–Crippen MR) is 110 cm³/mol. The summed E-state index contributed by atoms with van der Waals surface area (Å²) in [6.07, 6.45) is 0.306. The lowest BCUT2D eigenvalue weighted by molar-refractivity contribution is -0.137. The van der Waals surface area contributed by atoms with Gasteiger partial charge in [0, 0.05) is 24.5 Å². The van der Waals surface area contributed by atoms with Crippen LogP contribution in [0.15, 0.2) is 48.5 Å². The molecule has 2 heterocycles. The lowest BCUT2D eigenvalue weighted by atomic mass is 9.76. The van der Waals surface area contributed by atoms with Crippen molar-refractivity contribution in [1.29, 1.82) is 0 Å². The molecule has 2 atom stereocenters. The lowest BCUT2D eigenvalue weighted by Crippen LogP contribution is -2.62. The Kier molecular flexibility index (Phi) is 5.83. The van der Waals surface area contributed by atoms with Crippen LogP contribution in [0.1, 0.15) is 24.0 Å². The van der Waals surface area contributed by atoms with Gasteiger partial charge in [0.05, 0.1) is 45.1 Å². The van der Waals surface area contributed by atoms with E-state index in [-0.39, 0.29) is 24.8 Å². The third-order valence-corrected chi connectivity index (χ3v) is 5.88. The topological polar surface area (TPSA) is 77.5 Å². The first-order valence-electron chi connectivity index (χ1n) is 10.1. The van der Waals surface area contributed by atoms with Gasteiger partial charge in [-0.25, -0.2) is 4.79 Å². The molecule has 0 radical (unpaired) electrons. The Labute approximate surface area is 176 Å². The molecule has 4 rings (SSSR count). The van der Waals surface area contributed by atoms with E-state index < -0.39 is 5.60 Å². The number of hydrogen-bond donors (Lipinski definition) is 1. The summed E-state index contributed by atoms with van der Waals surface area (Å²) >= 11 is 0. The van der Waals surface area contributed by atoms with Gasteiger partial charge in [-0.3, -0.25) is 4.90 Å². The number of methoxy groups -OCH3 is 2. The molecule has 2 aromatic carbocycles. The van der Waals surface area contributed by atoms with Crippen LogP contribution in [-0.4, -0.2) is 55.6 Å². The molecule has 0 aliphatic carbocycles. The molecular weight excluding hydrogens is 386 g/mol. The Morgan fingerprint density at radius 3 is 2.43 bits per heavy atom. The molecule has 160 valence electrons. The zero-order valence-electron chi connectivity index (χ0n) is 17.2. The van der Waals surface area contributed by atoms with Crippen LogP contribution in [0, 0.1) is 0 Å². The van der Waals surface area contributed by atoms with E-state index in [2.05, 4.69) is 0 Å². The van der Waals surface area contributed by atoms with E-state index in [4.69, 9.17) is 18.9 Å². The number of rotatable bonds is 5. The van der Waals surface area contributed by atoms with E-state index in [0.29, 0.717) is 43.1 Å². The molecule has 7 heteroatoms. The molecule has 0 spiro atoms. The van der Waals surface area contributed by atoms with E-state index in [1.165, 1.54) is 0 Å². The van der Waals surface area contributed by atoms with Crippen LogP contribution in [0.5, 0.6) is 11.5 Å². The van der Waals surface area contributed by atoms with E-state index in [1.807, 2.05) is 42.5 Å². The van der Waals surface area contributed by atoms with Crippen molar-refractivity contribution in [2.45, 2.75) is 37.1 Å². The first kappa shape index (κ1) is 20.5. The third kappa shape index (κ3) is 3.95. The van der Waals surface area contributed by atoms with Crippen LogP contribution in [0.25, 0.3) is 0 Å². The number of carbonyl (C=O) groups excluding carboxylic acids is 1. The summed E-state index contributed by atoms with van der Waals surface area (Å²) in [4.78, 5) is 14.6. The minimum atomic E-state index is -1.13. The molecular formula is C23H27NO6. The maximum atomic E-state index is 12.9. The Bertz CT molecular complexity index is 873. The summed E-state index contributed by atoms with van der Waals surface area (Å²) in [5.74, 6) is 1.22. The average molecular weight is 413 g/mol. The highest BCUT2D eigenvalue weighted by atomic mass is 16.6. The Hall–Kier alpha value is -2.77. The van der Waals surface area contributed by atoms with Gasteiger partial charge in [0.2, 0.25) is 0 Å². The summed E-state index contributed by atoms with van der Waals surface area (Å²) in [6, 6.07) is 14.4. The lowest BCUT2D eigenvalue weighted by Gasteiger charge is -2.51. The average Bonchev–Trinajstić information content (AvgIpc) is 2.77. The van der Waals surface area contributed by atoms with Crippen LogP contribution < -0.4 is 9.47 Å². The summed E-state index contributed by atoms with van der Waals surface area (Å²) in [6.45, 7) is 0.933. The number of benzene rings is 2. The molecule has 2 fully saturated rings. The Balaban J connectivity index is 1.52. The van der Waals surface area contributed by atoms with E-state index in [9.17, 15) is 9.90 Å². The van der Waals surface area contributed by atoms with E-state index in [1.54, 1.807) is 25.2 Å². The number of nitrogens with zero attached hydrogens (tertiary/aromatic N) is 1. The smallest absolute Gasteiger partial charge is 0.410 e. The summed E-state index contributed by atoms with van der Waals surface area (Å²) in [7, 11) is 3.16. The van der Waals surface area contributed by atoms with Crippen molar-refractivity contribution in [3.05, 3.63) is 59.7 Å². The maximum absolute atomic E-state index is 12.9. The maximum Gasteiger partial charge on any atom is 0.410 e. The number of carbonyl (C=O) groups is 1. The Morgan fingerprint density at radius 2 is 1.80 bits per heavy atom. The normalized spacial score (nSPS) is 25.5. The second-order valence-electron chi connectivity index (χ2n) is 7.80. The first-order valence-corrected chi connectivity index (χ1v) is 10.1. The second-order valence-corrected chi connectivity index (χ2v) is 7.80. The standard InChI is InChI=1S/C23H27NO6/c1-27-19-8-9-20(21(10-19)28-2)23(26)11-17-14-29-15-18(12-23)24(17)22(25)30-13-16-6-4-3-5-7-16/h3-10,17-18,26H,11-15H2,1-2H3. The van der Waals surface area contributed by atoms with Gasteiger partial charge in [0.15, 0.2) is 0 Å². The molecule has 1 amide bonds. The molecule has 2 saturated heterocycles. The highest BCUT2D eigenvalue weighted by Gasteiger charge is 2.50. The zero-order valence-corrected chi connectivity index (χ0v) is 17.2. The van der Waals surface area contributed by atoms with Crippen molar-refractivity contribution in [2.75, 3.05) is 27.4 Å². The highest BCUT2D eigenvalue weighted by Crippen LogP contribution is 2.45. The molecule has 2 bridgehead atoms. The molecule has 0 saturated carbocycles. The van der Waals surface area contributed by atoms with Crippen LogP contribution in [-0.2, 0) is 21.7 Å². The number of ether oxygens (including phenoxy) is 4. The summed E-state index contributed by atoms with van der Waals surface area (Å²) < 4.78 is 22.0. The quantitative estimate of drug-likeness (QED) is 0.812.